The van der Waals surface area contributed by atoms with Gasteiger partial charge in [-0.3, -0.25) is 4.79 Å². The number of carbonyl (C=O) groups is 1. The number of amides is 1. The summed E-state index contributed by atoms with van der Waals surface area (Å²) in [5.74, 6) is -1.07. The molecule has 1 fully saturated rings. The van der Waals surface area contributed by atoms with E-state index in [0.29, 0.717) is 43.7 Å². The van der Waals surface area contributed by atoms with E-state index >= 15 is 0 Å². The second-order valence-corrected chi connectivity index (χ2v) is 12.4. The predicted octanol–water partition coefficient (Wildman–Crippen LogP) is 3.65. The maximum atomic E-state index is 14.9. The number of hydrogen-bond acceptors (Lipinski definition) is 6. The van der Waals surface area contributed by atoms with E-state index in [4.69, 9.17) is 10.5 Å². The Bertz CT molecular complexity index is 1290. The van der Waals surface area contributed by atoms with Crippen LogP contribution in [0.4, 0.5) is 10.1 Å². The van der Waals surface area contributed by atoms with Crippen LogP contribution in [0.3, 0.4) is 0 Å². The first-order valence-electron chi connectivity index (χ1n) is 13.2. The number of hydrogen-bond donors (Lipinski definition) is 3. The van der Waals surface area contributed by atoms with Crippen molar-refractivity contribution >= 4 is 21.4 Å². The van der Waals surface area contributed by atoms with Gasteiger partial charge < -0.3 is 21.1 Å². The fourth-order valence-corrected chi connectivity index (χ4v) is 5.64. The van der Waals surface area contributed by atoms with E-state index in [0.717, 1.165) is 11.1 Å². The molecule has 1 aliphatic rings. The zero-order chi connectivity index (χ0) is 27.8. The zero-order valence-corrected chi connectivity index (χ0v) is 22.9. The van der Waals surface area contributed by atoms with Crippen LogP contribution in [0.2, 0.25) is 0 Å². The van der Waals surface area contributed by atoms with Crippen LogP contribution in [0.25, 0.3) is 0 Å². The molecule has 1 amide bonds. The van der Waals surface area contributed by atoms with Crippen molar-refractivity contribution in [2.75, 3.05) is 30.5 Å². The molecular weight excluding hydrogens is 517 g/mol. The number of halogens is 1. The topological polar surface area (TPSA) is 111 Å². The van der Waals surface area contributed by atoms with Crippen molar-refractivity contribution < 1.29 is 22.3 Å². The first-order valence-corrected chi connectivity index (χ1v) is 15.2. The smallest absolute Gasteiger partial charge is 0.242 e. The molecule has 1 aliphatic heterocycles. The van der Waals surface area contributed by atoms with Gasteiger partial charge in [0.25, 0.3) is 0 Å². The van der Waals surface area contributed by atoms with Crippen molar-refractivity contribution in [3.05, 3.63) is 101 Å². The van der Waals surface area contributed by atoms with Gasteiger partial charge in [-0.15, -0.1) is 0 Å². The lowest BCUT2D eigenvalue weighted by molar-refractivity contribution is -0.117. The summed E-state index contributed by atoms with van der Waals surface area (Å²) in [6, 6.07) is 23.0. The average molecular weight is 554 g/mol. The lowest BCUT2D eigenvalue weighted by Crippen LogP contribution is -2.47. The number of sulfone groups is 1. The van der Waals surface area contributed by atoms with Gasteiger partial charge >= 0.3 is 0 Å². The highest BCUT2D eigenvalue weighted by atomic mass is 32.2. The van der Waals surface area contributed by atoms with Gasteiger partial charge in [-0.25, -0.2) is 12.8 Å². The van der Waals surface area contributed by atoms with Crippen molar-refractivity contribution in [3.8, 4) is 0 Å². The standard InChI is InChI=1S/C30H36FN3O4S/c1-39(36,37)18-17-23-20-38-24(19-33-23)15-16-25-26(31)13-8-14-27(25)34-30(35)29(32)28(21-9-4-2-5-10-21)22-11-6-3-7-12-22/h2-14,23-24,28-29,33H,15-20,32H2,1H3,(H,34,35)/t23-,24-,29+/m1/s1. The van der Waals surface area contributed by atoms with Crippen LogP contribution in [0.1, 0.15) is 35.4 Å². The molecule has 39 heavy (non-hydrogen) atoms. The average Bonchev–Trinajstić information content (AvgIpc) is 2.93. The summed E-state index contributed by atoms with van der Waals surface area (Å²) in [5, 5.41) is 6.21. The largest absolute Gasteiger partial charge is 0.375 e. The first kappa shape index (κ1) is 28.9. The molecule has 1 heterocycles. The number of nitrogens with two attached hydrogens (primary N) is 1. The fourth-order valence-electron chi connectivity index (χ4n) is 4.93. The second kappa shape index (κ2) is 13.3. The minimum atomic E-state index is -3.03. The lowest BCUT2D eigenvalue weighted by Gasteiger charge is -2.30. The third-order valence-electron chi connectivity index (χ3n) is 7.08. The molecule has 0 spiro atoms. The Morgan fingerprint density at radius 3 is 2.23 bits per heavy atom. The van der Waals surface area contributed by atoms with E-state index in [1.807, 2.05) is 60.7 Å². The molecule has 0 aromatic heterocycles. The number of nitrogens with one attached hydrogen (secondary N) is 2. The molecule has 0 aliphatic carbocycles. The van der Waals surface area contributed by atoms with Gasteiger partial charge in [0.2, 0.25) is 5.91 Å². The van der Waals surface area contributed by atoms with Gasteiger partial charge in [0, 0.05) is 36.0 Å². The Morgan fingerprint density at radius 1 is 1.03 bits per heavy atom. The van der Waals surface area contributed by atoms with Crippen molar-refractivity contribution in [1.29, 1.82) is 0 Å². The highest BCUT2D eigenvalue weighted by Crippen LogP contribution is 2.29. The van der Waals surface area contributed by atoms with Gasteiger partial charge in [-0.1, -0.05) is 66.7 Å². The molecule has 3 aromatic carbocycles. The Morgan fingerprint density at radius 2 is 1.67 bits per heavy atom. The van der Waals surface area contributed by atoms with Crippen LogP contribution in [0, 0.1) is 5.82 Å². The van der Waals surface area contributed by atoms with Crippen LogP contribution < -0.4 is 16.4 Å². The SMILES string of the molecule is CS(=O)(=O)CC[C@@H]1CO[C@H](CCc2c(F)cccc2NC(=O)[C@@H](N)C(c2ccccc2)c2ccccc2)CN1. The number of anilines is 1. The Balaban J connectivity index is 1.41. The lowest BCUT2D eigenvalue weighted by atomic mass is 9.85. The Labute approximate surface area is 229 Å². The summed E-state index contributed by atoms with van der Waals surface area (Å²) >= 11 is 0. The predicted molar refractivity (Wildman–Crippen MR) is 152 cm³/mol. The number of ether oxygens (including phenoxy) is 1. The molecule has 4 N–H and O–H groups in total. The van der Waals surface area contributed by atoms with Gasteiger partial charge in [0.1, 0.15) is 15.7 Å². The highest BCUT2D eigenvalue weighted by molar-refractivity contribution is 7.90. The maximum Gasteiger partial charge on any atom is 0.242 e. The molecule has 0 radical (unpaired) electrons. The fraction of sp³-hybridized carbons (Fsp3) is 0.367. The van der Waals surface area contributed by atoms with Gasteiger partial charge in [0.05, 0.1) is 24.5 Å². The quantitative estimate of drug-likeness (QED) is 0.334. The molecule has 208 valence electrons. The molecule has 3 atom stereocenters. The highest BCUT2D eigenvalue weighted by Gasteiger charge is 2.29. The number of rotatable bonds is 11. The van der Waals surface area contributed by atoms with E-state index in [2.05, 4.69) is 10.6 Å². The Kier molecular flexibility index (Phi) is 9.85. The molecule has 0 unspecified atom stereocenters. The monoisotopic (exact) mass is 553 g/mol. The molecule has 7 nitrogen and oxygen atoms in total. The van der Waals surface area contributed by atoms with E-state index in [-0.39, 0.29) is 23.8 Å². The maximum absolute atomic E-state index is 14.9. The minimum Gasteiger partial charge on any atom is -0.375 e. The van der Waals surface area contributed by atoms with Gasteiger partial charge in [-0.2, -0.15) is 0 Å². The summed E-state index contributed by atoms with van der Waals surface area (Å²) < 4.78 is 43.7. The molecule has 9 heteroatoms. The molecule has 1 saturated heterocycles. The van der Waals surface area contributed by atoms with Crippen LogP contribution >= 0.6 is 0 Å². The molecule has 4 rings (SSSR count). The molecule has 0 bridgehead atoms. The number of carbonyl (C=O) groups excluding carboxylic acids is 1. The number of morpholine rings is 1. The first-order chi connectivity index (χ1) is 18.7. The van der Waals surface area contributed by atoms with Crippen molar-refractivity contribution in [2.24, 2.45) is 5.73 Å². The molecular formula is C30H36FN3O4S. The van der Waals surface area contributed by atoms with Gasteiger partial charge in [0.15, 0.2) is 0 Å². The van der Waals surface area contributed by atoms with Gasteiger partial charge in [-0.05, 0) is 42.5 Å². The van der Waals surface area contributed by atoms with E-state index in [9.17, 15) is 17.6 Å². The van der Waals surface area contributed by atoms with Crippen LogP contribution in [-0.2, 0) is 25.8 Å². The third kappa shape index (κ3) is 8.19. The van der Waals surface area contributed by atoms with Crippen molar-refractivity contribution in [2.45, 2.75) is 43.4 Å². The van der Waals surface area contributed by atoms with E-state index in [1.165, 1.54) is 12.3 Å². The normalized spacial score (nSPS) is 18.6. The summed E-state index contributed by atoms with van der Waals surface area (Å²) in [7, 11) is -3.03. The molecule has 0 saturated carbocycles. The van der Waals surface area contributed by atoms with Crippen LogP contribution in [-0.4, -0.2) is 57.7 Å². The van der Waals surface area contributed by atoms with Crippen molar-refractivity contribution in [3.63, 3.8) is 0 Å². The minimum absolute atomic E-state index is 0.0250. The summed E-state index contributed by atoms with van der Waals surface area (Å²) in [6.45, 7) is 0.946. The second-order valence-electron chi connectivity index (χ2n) is 10.1. The molecule has 3 aromatic rings. The van der Waals surface area contributed by atoms with E-state index in [1.54, 1.807) is 12.1 Å². The Hall–Kier alpha value is -3.11. The summed E-state index contributed by atoms with van der Waals surface area (Å²) in [4.78, 5) is 13.4. The van der Waals surface area contributed by atoms with E-state index < -0.39 is 27.6 Å². The zero-order valence-electron chi connectivity index (χ0n) is 22.1. The van der Waals surface area contributed by atoms with Crippen LogP contribution in [0.15, 0.2) is 78.9 Å². The van der Waals surface area contributed by atoms with Crippen LogP contribution in [0.5, 0.6) is 0 Å². The number of benzene rings is 3. The van der Waals surface area contributed by atoms with Crippen molar-refractivity contribution in [1.82, 2.24) is 5.32 Å². The summed E-state index contributed by atoms with van der Waals surface area (Å²) in [5.41, 5.74) is 9.18. The third-order valence-corrected chi connectivity index (χ3v) is 8.05. The summed E-state index contributed by atoms with van der Waals surface area (Å²) in [6.07, 6.45) is 2.46.